The molecule has 1 aliphatic carbocycles. The average Bonchev–Trinajstić information content (AvgIpc) is 3.02. The molecular weight excluding hydrogens is 204 g/mol. The average molecular weight is 220 g/mol. The van der Waals surface area contributed by atoms with Crippen LogP contribution in [0.2, 0.25) is 0 Å². The molecule has 0 saturated heterocycles. The zero-order valence-electron chi connectivity index (χ0n) is 9.40. The van der Waals surface area contributed by atoms with Crippen molar-refractivity contribution in [1.82, 2.24) is 0 Å². The van der Waals surface area contributed by atoms with E-state index < -0.39 is 11.4 Å². The van der Waals surface area contributed by atoms with Crippen LogP contribution in [0.5, 0.6) is 5.75 Å². The Morgan fingerprint density at radius 3 is 2.50 bits per heavy atom. The predicted molar refractivity (Wildman–Crippen MR) is 60.6 cm³/mol. The summed E-state index contributed by atoms with van der Waals surface area (Å²) in [6.45, 7) is 2.50. The van der Waals surface area contributed by atoms with Crippen molar-refractivity contribution in [3.63, 3.8) is 0 Å². The van der Waals surface area contributed by atoms with Crippen molar-refractivity contribution in [2.75, 3.05) is 6.61 Å². The standard InChI is InChI=1S/C13H16O3/c1-10-2-4-11(5-3-10)16-9-8-13(6-7-13)12(14)15/h2-5H,6-9H2,1H3,(H,14,15). The number of benzene rings is 1. The van der Waals surface area contributed by atoms with Crippen LogP contribution in [0, 0.1) is 12.3 Å². The minimum Gasteiger partial charge on any atom is -0.494 e. The highest BCUT2D eigenvalue weighted by atomic mass is 16.5. The molecule has 1 saturated carbocycles. The number of hydrogen-bond donors (Lipinski definition) is 1. The zero-order valence-corrected chi connectivity index (χ0v) is 9.40. The van der Waals surface area contributed by atoms with Crippen molar-refractivity contribution < 1.29 is 14.6 Å². The Bertz CT molecular complexity index is 377. The maximum absolute atomic E-state index is 10.9. The fraction of sp³-hybridized carbons (Fsp3) is 0.462. The highest BCUT2D eigenvalue weighted by Gasteiger charge is 2.49. The van der Waals surface area contributed by atoms with Gasteiger partial charge in [0.05, 0.1) is 12.0 Å². The zero-order chi connectivity index (χ0) is 11.6. The highest BCUT2D eigenvalue weighted by molar-refractivity contribution is 5.77. The molecule has 1 aliphatic rings. The summed E-state index contributed by atoms with van der Waals surface area (Å²) in [5.74, 6) is 0.131. The molecule has 1 N–H and O–H groups in total. The van der Waals surface area contributed by atoms with Gasteiger partial charge in [-0.15, -0.1) is 0 Å². The van der Waals surface area contributed by atoms with Crippen molar-refractivity contribution in [2.24, 2.45) is 5.41 Å². The predicted octanol–water partition coefficient (Wildman–Crippen LogP) is 2.63. The van der Waals surface area contributed by atoms with E-state index in [1.807, 2.05) is 31.2 Å². The molecule has 0 aliphatic heterocycles. The Labute approximate surface area is 95.0 Å². The topological polar surface area (TPSA) is 46.5 Å². The van der Waals surface area contributed by atoms with Crippen LogP contribution in [0.15, 0.2) is 24.3 Å². The first-order valence-corrected chi connectivity index (χ1v) is 5.55. The van der Waals surface area contributed by atoms with Crippen LogP contribution in [0.4, 0.5) is 0 Å². The Hall–Kier alpha value is -1.51. The lowest BCUT2D eigenvalue weighted by Crippen LogP contribution is -2.17. The Morgan fingerprint density at radius 2 is 2.00 bits per heavy atom. The molecule has 1 aromatic rings. The van der Waals surface area contributed by atoms with Gasteiger partial charge in [-0.3, -0.25) is 4.79 Å². The molecule has 2 rings (SSSR count). The second-order valence-electron chi connectivity index (χ2n) is 4.50. The lowest BCUT2D eigenvalue weighted by Gasteiger charge is -2.10. The SMILES string of the molecule is Cc1ccc(OCCC2(C(=O)O)CC2)cc1. The van der Waals surface area contributed by atoms with E-state index in [4.69, 9.17) is 9.84 Å². The highest BCUT2D eigenvalue weighted by Crippen LogP contribution is 2.48. The maximum Gasteiger partial charge on any atom is 0.309 e. The second-order valence-corrected chi connectivity index (χ2v) is 4.50. The van der Waals surface area contributed by atoms with E-state index >= 15 is 0 Å². The first-order chi connectivity index (χ1) is 7.62. The summed E-state index contributed by atoms with van der Waals surface area (Å²) in [6, 6.07) is 7.80. The van der Waals surface area contributed by atoms with E-state index in [2.05, 4.69) is 0 Å². The molecular formula is C13H16O3. The fourth-order valence-electron chi connectivity index (χ4n) is 1.72. The van der Waals surface area contributed by atoms with Gasteiger partial charge in [-0.2, -0.15) is 0 Å². The van der Waals surface area contributed by atoms with Gasteiger partial charge in [-0.1, -0.05) is 17.7 Å². The van der Waals surface area contributed by atoms with Crippen molar-refractivity contribution in [3.8, 4) is 5.75 Å². The van der Waals surface area contributed by atoms with Gasteiger partial charge in [0.15, 0.2) is 0 Å². The molecule has 3 heteroatoms. The van der Waals surface area contributed by atoms with Gasteiger partial charge in [0.25, 0.3) is 0 Å². The van der Waals surface area contributed by atoms with E-state index in [1.54, 1.807) is 0 Å². The first kappa shape index (κ1) is 11.0. The molecule has 0 atom stereocenters. The van der Waals surface area contributed by atoms with Crippen molar-refractivity contribution in [3.05, 3.63) is 29.8 Å². The largest absolute Gasteiger partial charge is 0.494 e. The van der Waals surface area contributed by atoms with Crippen LogP contribution in [0.1, 0.15) is 24.8 Å². The van der Waals surface area contributed by atoms with Gasteiger partial charge in [0, 0.05) is 0 Å². The minimum atomic E-state index is -0.681. The number of carbonyl (C=O) groups is 1. The Kier molecular flexibility index (Phi) is 2.86. The van der Waals surface area contributed by atoms with Gasteiger partial charge in [-0.25, -0.2) is 0 Å². The number of carboxylic acid groups (broad SMARTS) is 1. The molecule has 86 valence electrons. The third kappa shape index (κ3) is 2.35. The molecule has 0 heterocycles. The van der Waals surface area contributed by atoms with Crippen LogP contribution < -0.4 is 4.74 Å². The van der Waals surface area contributed by atoms with Crippen LogP contribution >= 0.6 is 0 Å². The van der Waals surface area contributed by atoms with Gasteiger partial charge in [0.2, 0.25) is 0 Å². The Morgan fingerprint density at radius 1 is 1.38 bits per heavy atom. The third-order valence-corrected chi connectivity index (χ3v) is 3.18. The van der Waals surface area contributed by atoms with E-state index in [1.165, 1.54) is 5.56 Å². The molecule has 16 heavy (non-hydrogen) atoms. The molecule has 0 aromatic heterocycles. The summed E-state index contributed by atoms with van der Waals surface area (Å²) in [5, 5.41) is 8.98. The molecule has 0 radical (unpaired) electrons. The first-order valence-electron chi connectivity index (χ1n) is 5.55. The minimum absolute atomic E-state index is 0.481. The summed E-state index contributed by atoms with van der Waals surface area (Å²) in [5.41, 5.74) is 0.710. The van der Waals surface area contributed by atoms with E-state index in [0.717, 1.165) is 18.6 Å². The van der Waals surface area contributed by atoms with Gasteiger partial charge < -0.3 is 9.84 Å². The maximum atomic E-state index is 10.9. The third-order valence-electron chi connectivity index (χ3n) is 3.18. The lowest BCUT2D eigenvalue weighted by atomic mass is 10.0. The molecule has 0 amide bonds. The smallest absolute Gasteiger partial charge is 0.309 e. The molecule has 0 bridgehead atoms. The van der Waals surface area contributed by atoms with Crippen LogP contribution in [-0.4, -0.2) is 17.7 Å². The fourth-order valence-corrected chi connectivity index (χ4v) is 1.72. The van der Waals surface area contributed by atoms with Crippen molar-refractivity contribution >= 4 is 5.97 Å². The molecule has 1 fully saturated rings. The number of aliphatic carboxylic acids is 1. The number of aryl methyl sites for hydroxylation is 1. The molecule has 3 nitrogen and oxygen atoms in total. The van der Waals surface area contributed by atoms with Crippen LogP contribution in [0.3, 0.4) is 0 Å². The van der Waals surface area contributed by atoms with Gasteiger partial charge in [0.1, 0.15) is 5.75 Å². The van der Waals surface area contributed by atoms with Gasteiger partial charge >= 0.3 is 5.97 Å². The summed E-state index contributed by atoms with van der Waals surface area (Å²) >= 11 is 0. The number of rotatable bonds is 5. The monoisotopic (exact) mass is 220 g/mol. The molecule has 0 unspecified atom stereocenters. The molecule has 0 spiro atoms. The van der Waals surface area contributed by atoms with Crippen molar-refractivity contribution in [1.29, 1.82) is 0 Å². The summed E-state index contributed by atoms with van der Waals surface area (Å²) < 4.78 is 5.52. The second kappa shape index (κ2) is 4.16. The van der Waals surface area contributed by atoms with Crippen LogP contribution in [0.25, 0.3) is 0 Å². The lowest BCUT2D eigenvalue weighted by molar-refractivity contribution is -0.143. The van der Waals surface area contributed by atoms with Gasteiger partial charge in [-0.05, 0) is 38.3 Å². The molecule has 1 aromatic carbocycles. The summed E-state index contributed by atoms with van der Waals surface area (Å²) in [4.78, 5) is 10.9. The van der Waals surface area contributed by atoms with E-state index in [0.29, 0.717) is 13.0 Å². The van der Waals surface area contributed by atoms with E-state index in [-0.39, 0.29) is 0 Å². The number of hydrogen-bond acceptors (Lipinski definition) is 2. The van der Waals surface area contributed by atoms with E-state index in [9.17, 15) is 4.79 Å². The summed E-state index contributed by atoms with van der Waals surface area (Å²) in [6.07, 6.45) is 2.19. The normalized spacial score (nSPS) is 16.8. The quantitative estimate of drug-likeness (QED) is 0.829. The van der Waals surface area contributed by atoms with Crippen LogP contribution in [-0.2, 0) is 4.79 Å². The summed E-state index contributed by atoms with van der Waals surface area (Å²) in [7, 11) is 0. The number of ether oxygens (including phenoxy) is 1. The Balaban J connectivity index is 1.80. The number of carboxylic acids is 1. The van der Waals surface area contributed by atoms with Crippen molar-refractivity contribution in [2.45, 2.75) is 26.2 Å².